The summed E-state index contributed by atoms with van der Waals surface area (Å²) in [6.45, 7) is 8.15. The molecule has 0 amide bonds. The normalized spacial score (nSPS) is 25.4. The lowest BCUT2D eigenvalue weighted by molar-refractivity contribution is 0.00578. The van der Waals surface area contributed by atoms with Crippen molar-refractivity contribution in [3.05, 3.63) is 24.3 Å². The van der Waals surface area contributed by atoms with E-state index in [9.17, 15) is 4.21 Å². The van der Waals surface area contributed by atoms with Gasteiger partial charge in [0.15, 0.2) is 0 Å². The summed E-state index contributed by atoms with van der Waals surface area (Å²) in [5.41, 5.74) is 0.975. The van der Waals surface area contributed by atoms with Gasteiger partial charge >= 0.3 is 7.12 Å². The van der Waals surface area contributed by atoms with E-state index in [1.165, 1.54) is 0 Å². The molecule has 4 nitrogen and oxygen atoms in total. The fourth-order valence-electron chi connectivity index (χ4n) is 2.75. The summed E-state index contributed by atoms with van der Waals surface area (Å²) >= 11 is 0. The first-order valence-electron chi connectivity index (χ1n) is 7.89. The first-order chi connectivity index (χ1) is 10.2. The highest BCUT2D eigenvalue weighted by atomic mass is 32.2. The van der Waals surface area contributed by atoms with Crippen LogP contribution < -0.4 is 5.46 Å². The fraction of sp³-hybridized carbons (Fsp3) is 0.625. The van der Waals surface area contributed by atoms with Crippen LogP contribution in [0.5, 0.6) is 0 Å². The maximum absolute atomic E-state index is 12.6. The van der Waals surface area contributed by atoms with E-state index in [1.54, 1.807) is 0 Å². The van der Waals surface area contributed by atoms with Gasteiger partial charge in [0.25, 0.3) is 0 Å². The third-order valence-corrected chi connectivity index (χ3v) is 7.24. The molecule has 0 radical (unpaired) electrons. The molecule has 0 spiro atoms. The van der Waals surface area contributed by atoms with Crippen molar-refractivity contribution in [1.82, 2.24) is 0 Å². The Bertz CT molecular complexity index is 664. The minimum absolute atomic E-state index is 0.360. The second kappa shape index (κ2) is 5.36. The van der Waals surface area contributed by atoms with Crippen molar-refractivity contribution >= 4 is 28.0 Å². The Hall–Kier alpha value is -0.845. The maximum atomic E-state index is 12.6. The average Bonchev–Trinajstić information content (AvgIpc) is 2.92. The largest absolute Gasteiger partial charge is 0.494 e. The van der Waals surface area contributed by atoms with Gasteiger partial charge in [-0.05, 0) is 58.1 Å². The summed E-state index contributed by atoms with van der Waals surface area (Å²) in [6, 6.07) is 7.74. The molecule has 1 aromatic rings. The van der Waals surface area contributed by atoms with Crippen LogP contribution in [-0.2, 0) is 19.0 Å². The van der Waals surface area contributed by atoms with Crippen LogP contribution >= 0.6 is 0 Å². The van der Waals surface area contributed by atoms with Crippen molar-refractivity contribution in [3.8, 4) is 0 Å². The third-order valence-electron chi connectivity index (χ3n) is 4.84. The Labute approximate surface area is 133 Å². The highest BCUT2D eigenvalue weighted by Gasteiger charge is 2.51. The van der Waals surface area contributed by atoms with E-state index in [-0.39, 0.29) is 11.2 Å². The predicted octanol–water partition coefficient (Wildman–Crippen LogP) is 2.88. The van der Waals surface area contributed by atoms with Gasteiger partial charge in [-0.15, -0.1) is 0 Å². The van der Waals surface area contributed by atoms with E-state index in [4.69, 9.17) is 9.31 Å². The summed E-state index contributed by atoms with van der Waals surface area (Å²) in [5, 5.41) is 0. The minimum Gasteiger partial charge on any atom is -0.399 e. The highest BCUT2D eigenvalue weighted by Crippen LogP contribution is 2.36. The maximum Gasteiger partial charge on any atom is 0.494 e. The van der Waals surface area contributed by atoms with Gasteiger partial charge in [0.1, 0.15) is 0 Å². The Kier molecular flexibility index (Phi) is 3.90. The third kappa shape index (κ3) is 2.96. The second-order valence-electron chi connectivity index (χ2n) is 7.16. The molecule has 2 heterocycles. The van der Waals surface area contributed by atoms with Gasteiger partial charge < -0.3 is 9.31 Å². The number of rotatable bonds is 2. The zero-order valence-corrected chi connectivity index (χ0v) is 14.6. The number of hydrogen-bond donors (Lipinski definition) is 0. The van der Waals surface area contributed by atoms with Crippen LogP contribution in [0.2, 0.25) is 0 Å². The molecule has 2 fully saturated rings. The molecule has 0 saturated carbocycles. The summed E-state index contributed by atoms with van der Waals surface area (Å²) < 4.78 is 29.2. The lowest BCUT2D eigenvalue weighted by atomic mass is 9.79. The van der Waals surface area contributed by atoms with Gasteiger partial charge in [0.05, 0.1) is 26.6 Å². The number of benzene rings is 1. The lowest BCUT2D eigenvalue weighted by Crippen LogP contribution is -2.41. The van der Waals surface area contributed by atoms with E-state index in [2.05, 4.69) is 4.36 Å². The molecule has 2 aliphatic heterocycles. The first-order valence-corrected chi connectivity index (χ1v) is 9.74. The molecule has 6 heteroatoms. The Balaban J connectivity index is 1.89. The summed E-state index contributed by atoms with van der Waals surface area (Å²) in [7, 11) is -2.45. The first kappa shape index (κ1) is 16.0. The Morgan fingerprint density at radius 1 is 1.09 bits per heavy atom. The van der Waals surface area contributed by atoms with Crippen LogP contribution in [0.1, 0.15) is 40.5 Å². The van der Waals surface area contributed by atoms with Crippen LogP contribution in [0.4, 0.5) is 5.69 Å². The fourth-order valence-corrected chi connectivity index (χ4v) is 4.94. The summed E-state index contributed by atoms with van der Waals surface area (Å²) in [4.78, 5) is 0. The van der Waals surface area contributed by atoms with Gasteiger partial charge in [-0.2, -0.15) is 4.36 Å². The second-order valence-corrected chi connectivity index (χ2v) is 9.71. The van der Waals surface area contributed by atoms with E-state index in [0.717, 1.165) is 24.0 Å². The van der Waals surface area contributed by atoms with Gasteiger partial charge in [-0.1, -0.05) is 12.1 Å². The van der Waals surface area contributed by atoms with Crippen molar-refractivity contribution in [2.24, 2.45) is 4.36 Å². The molecule has 2 aliphatic rings. The molecular formula is C16H24BNO3S. The van der Waals surface area contributed by atoms with Crippen LogP contribution in [0.15, 0.2) is 28.6 Å². The van der Waals surface area contributed by atoms with Crippen LogP contribution in [0.25, 0.3) is 0 Å². The number of nitrogens with zero attached hydrogens (tertiary/aromatic N) is 1. The van der Waals surface area contributed by atoms with Gasteiger partial charge in [-0.25, -0.2) is 4.21 Å². The SMILES string of the molecule is CC1(C)OB(c2cccc(N=S3(=O)CCCC3)c2)OC1(C)C. The molecule has 0 bridgehead atoms. The lowest BCUT2D eigenvalue weighted by Gasteiger charge is -2.32. The molecule has 0 unspecified atom stereocenters. The highest BCUT2D eigenvalue weighted by molar-refractivity contribution is 7.93. The molecule has 0 aromatic heterocycles. The van der Waals surface area contributed by atoms with Crippen LogP contribution in [-0.4, -0.2) is 34.0 Å². The monoisotopic (exact) mass is 321 g/mol. The molecule has 1 aromatic carbocycles. The Morgan fingerprint density at radius 3 is 2.27 bits per heavy atom. The van der Waals surface area contributed by atoms with Crippen LogP contribution in [0, 0.1) is 0 Å². The number of hydrogen-bond acceptors (Lipinski definition) is 4. The van der Waals surface area contributed by atoms with E-state index >= 15 is 0 Å². The van der Waals surface area contributed by atoms with Gasteiger partial charge in [-0.3, -0.25) is 0 Å². The molecule has 0 aliphatic carbocycles. The smallest absolute Gasteiger partial charge is 0.399 e. The zero-order valence-electron chi connectivity index (χ0n) is 13.8. The predicted molar refractivity (Wildman–Crippen MR) is 91.4 cm³/mol. The molecule has 3 rings (SSSR count). The van der Waals surface area contributed by atoms with Gasteiger partial charge in [0.2, 0.25) is 0 Å². The Morgan fingerprint density at radius 2 is 1.68 bits per heavy atom. The molecule has 0 N–H and O–H groups in total. The summed E-state index contributed by atoms with van der Waals surface area (Å²) in [6.07, 6.45) is 2.03. The van der Waals surface area contributed by atoms with Crippen molar-refractivity contribution in [2.45, 2.75) is 51.7 Å². The quantitative estimate of drug-likeness (QED) is 0.787. The topological polar surface area (TPSA) is 47.9 Å². The average molecular weight is 321 g/mol. The van der Waals surface area contributed by atoms with Crippen molar-refractivity contribution in [3.63, 3.8) is 0 Å². The molecule has 2 saturated heterocycles. The van der Waals surface area contributed by atoms with Crippen LogP contribution in [0.3, 0.4) is 0 Å². The van der Waals surface area contributed by atoms with Crippen molar-refractivity contribution in [1.29, 1.82) is 0 Å². The van der Waals surface area contributed by atoms with Crippen molar-refractivity contribution in [2.75, 3.05) is 11.5 Å². The molecule has 0 atom stereocenters. The van der Waals surface area contributed by atoms with E-state index < -0.39 is 16.8 Å². The standard InChI is InChI=1S/C16H24BNO3S/c1-15(2)16(3,4)21-17(20-15)13-8-7-9-14(12-13)18-22(19)10-5-6-11-22/h7-9,12H,5-6,10-11H2,1-4H3. The molecular weight excluding hydrogens is 297 g/mol. The van der Waals surface area contributed by atoms with Crippen molar-refractivity contribution < 1.29 is 13.5 Å². The van der Waals surface area contributed by atoms with Gasteiger partial charge in [0, 0.05) is 11.5 Å². The zero-order chi connectivity index (χ0) is 16.0. The summed E-state index contributed by atoms with van der Waals surface area (Å²) in [5.74, 6) is 1.43. The van der Waals surface area contributed by atoms with E-state index in [0.29, 0.717) is 11.5 Å². The molecule has 22 heavy (non-hydrogen) atoms. The molecule has 120 valence electrons. The van der Waals surface area contributed by atoms with E-state index in [1.807, 2.05) is 52.0 Å². The minimum atomic E-state index is -2.05.